The molecule has 5 aliphatic rings. The molecular formula is C22H33O5P. The standard InChI is InChI=1S/C22H33O5P/c1-21-10-8-16(27-28(24)25-12-13-26-28)14-15(21)6-7-17-18-4-3-5-20(23)22(18,2)11-9-19(17)21/h6,16-19H,3-5,7-14H2,1-2H3/t16-,17?,18?,19?,21-,22-/m0/s1. The molecule has 5 rings (SSSR count). The maximum absolute atomic E-state index is 12.7. The molecule has 4 fully saturated rings. The summed E-state index contributed by atoms with van der Waals surface area (Å²) in [5.74, 6) is 2.36. The van der Waals surface area contributed by atoms with Crippen molar-refractivity contribution in [2.45, 2.75) is 77.7 Å². The quantitative estimate of drug-likeness (QED) is 0.449. The third-order valence-corrected chi connectivity index (χ3v) is 10.4. The van der Waals surface area contributed by atoms with Gasteiger partial charge in [0, 0.05) is 11.8 Å². The smallest absolute Gasteiger partial charge is 0.299 e. The van der Waals surface area contributed by atoms with Crippen molar-refractivity contribution in [3.8, 4) is 0 Å². The van der Waals surface area contributed by atoms with E-state index < -0.39 is 7.82 Å². The number of phosphoric ester groups is 1. The van der Waals surface area contributed by atoms with E-state index in [1.54, 1.807) is 0 Å². The van der Waals surface area contributed by atoms with E-state index in [-0.39, 0.29) is 16.9 Å². The first-order valence-corrected chi connectivity index (χ1v) is 12.6. The van der Waals surface area contributed by atoms with Gasteiger partial charge in [-0.05, 0) is 74.5 Å². The predicted octanol–water partition coefficient (Wildman–Crippen LogP) is 5.45. The van der Waals surface area contributed by atoms with Crippen LogP contribution in [0.4, 0.5) is 0 Å². The van der Waals surface area contributed by atoms with Crippen LogP contribution in [0.2, 0.25) is 0 Å². The van der Waals surface area contributed by atoms with Crippen molar-refractivity contribution in [3.63, 3.8) is 0 Å². The number of phosphoric acid groups is 1. The van der Waals surface area contributed by atoms with E-state index in [0.717, 1.165) is 51.4 Å². The van der Waals surface area contributed by atoms with Gasteiger partial charge in [0.15, 0.2) is 0 Å². The molecule has 6 heteroatoms. The first kappa shape index (κ1) is 19.5. The summed E-state index contributed by atoms with van der Waals surface area (Å²) >= 11 is 0. The highest BCUT2D eigenvalue weighted by Gasteiger charge is 2.57. The minimum Gasteiger partial charge on any atom is -0.299 e. The van der Waals surface area contributed by atoms with Crippen molar-refractivity contribution in [2.75, 3.05) is 13.2 Å². The van der Waals surface area contributed by atoms with Crippen LogP contribution in [0.1, 0.15) is 71.6 Å². The number of allylic oxidation sites excluding steroid dienone is 1. The fourth-order valence-electron chi connectivity index (χ4n) is 7.26. The third-order valence-electron chi connectivity index (χ3n) is 8.86. The largest absolute Gasteiger partial charge is 0.475 e. The molecule has 0 aromatic rings. The normalized spacial score (nSPS) is 47.6. The van der Waals surface area contributed by atoms with Crippen LogP contribution in [-0.2, 0) is 22.9 Å². The lowest BCUT2D eigenvalue weighted by Gasteiger charge is -2.59. The SMILES string of the molecule is C[C@]12CC[C@H](OP3(=O)OCCO3)CC1=CCC1C2CC[C@]2(C)C(=O)CCCC12. The van der Waals surface area contributed by atoms with Crippen LogP contribution in [0, 0.1) is 28.6 Å². The Balaban J connectivity index is 1.36. The second-order valence-electron chi connectivity index (χ2n) is 10.1. The lowest BCUT2D eigenvalue weighted by Crippen LogP contribution is -2.54. The number of ketones is 1. The van der Waals surface area contributed by atoms with Crippen LogP contribution in [0.5, 0.6) is 0 Å². The predicted molar refractivity (Wildman–Crippen MR) is 106 cm³/mol. The van der Waals surface area contributed by atoms with Crippen molar-refractivity contribution in [1.29, 1.82) is 0 Å². The van der Waals surface area contributed by atoms with Gasteiger partial charge in [-0.2, -0.15) is 0 Å². The van der Waals surface area contributed by atoms with Gasteiger partial charge in [-0.1, -0.05) is 25.5 Å². The van der Waals surface area contributed by atoms with E-state index in [2.05, 4.69) is 19.9 Å². The van der Waals surface area contributed by atoms with Gasteiger partial charge < -0.3 is 0 Å². The topological polar surface area (TPSA) is 61.8 Å². The average Bonchev–Trinajstić information content (AvgIpc) is 3.09. The number of hydrogen-bond acceptors (Lipinski definition) is 5. The molecule has 5 nitrogen and oxygen atoms in total. The molecule has 156 valence electrons. The molecule has 0 spiro atoms. The maximum atomic E-state index is 12.7. The molecule has 1 saturated heterocycles. The minimum atomic E-state index is -3.34. The molecule has 0 aromatic heterocycles. The Hall–Kier alpha value is -0.480. The van der Waals surface area contributed by atoms with Gasteiger partial charge in [0.25, 0.3) is 0 Å². The summed E-state index contributed by atoms with van der Waals surface area (Å²) < 4.78 is 28.7. The van der Waals surface area contributed by atoms with Crippen LogP contribution in [0.25, 0.3) is 0 Å². The lowest BCUT2D eigenvalue weighted by molar-refractivity contribution is -0.145. The maximum Gasteiger partial charge on any atom is 0.475 e. The molecule has 1 heterocycles. The first-order chi connectivity index (χ1) is 13.3. The molecule has 3 unspecified atom stereocenters. The second-order valence-corrected chi connectivity index (χ2v) is 11.7. The van der Waals surface area contributed by atoms with Crippen LogP contribution in [0.3, 0.4) is 0 Å². The van der Waals surface area contributed by atoms with E-state index in [1.807, 2.05) is 0 Å². The van der Waals surface area contributed by atoms with E-state index in [1.165, 1.54) is 12.0 Å². The zero-order chi connectivity index (χ0) is 19.6. The highest BCUT2D eigenvalue weighted by molar-refractivity contribution is 7.48. The zero-order valence-corrected chi connectivity index (χ0v) is 18.0. The molecule has 0 amide bonds. The van der Waals surface area contributed by atoms with E-state index in [9.17, 15) is 9.36 Å². The zero-order valence-electron chi connectivity index (χ0n) is 17.2. The Bertz CT molecular complexity index is 737. The van der Waals surface area contributed by atoms with Crippen LogP contribution in [-0.4, -0.2) is 25.1 Å². The summed E-state index contributed by atoms with van der Waals surface area (Å²) in [6, 6.07) is 0. The Labute approximate surface area is 168 Å². The molecule has 0 aromatic carbocycles. The number of carbonyl (C=O) groups excluding carboxylic acids is 1. The minimum absolute atomic E-state index is 0.0788. The van der Waals surface area contributed by atoms with E-state index in [4.69, 9.17) is 13.6 Å². The van der Waals surface area contributed by atoms with Gasteiger partial charge in [0.1, 0.15) is 5.78 Å². The van der Waals surface area contributed by atoms with E-state index in [0.29, 0.717) is 36.8 Å². The van der Waals surface area contributed by atoms with Gasteiger partial charge in [-0.15, -0.1) is 0 Å². The molecular weight excluding hydrogens is 375 g/mol. The molecule has 0 radical (unpaired) electrons. The Morgan fingerprint density at radius 1 is 1.07 bits per heavy atom. The summed E-state index contributed by atoms with van der Waals surface area (Å²) in [6.45, 7) is 5.39. The van der Waals surface area contributed by atoms with E-state index >= 15 is 0 Å². The van der Waals surface area contributed by atoms with Gasteiger partial charge >= 0.3 is 7.82 Å². The Morgan fingerprint density at radius 2 is 1.79 bits per heavy atom. The molecule has 28 heavy (non-hydrogen) atoms. The summed E-state index contributed by atoms with van der Waals surface area (Å²) in [6.07, 6.45) is 11.5. The number of rotatable bonds is 2. The molecule has 0 bridgehead atoms. The highest BCUT2D eigenvalue weighted by atomic mass is 31.2. The lowest BCUT2D eigenvalue weighted by atomic mass is 9.45. The number of fused-ring (bicyclic) bond motifs is 5. The monoisotopic (exact) mass is 408 g/mol. The van der Waals surface area contributed by atoms with Crippen LogP contribution < -0.4 is 0 Å². The fourth-order valence-corrected chi connectivity index (χ4v) is 8.60. The van der Waals surface area contributed by atoms with Crippen LogP contribution in [0.15, 0.2) is 11.6 Å². The van der Waals surface area contributed by atoms with Gasteiger partial charge in [-0.3, -0.25) is 18.4 Å². The van der Waals surface area contributed by atoms with Crippen LogP contribution >= 0.6 is 7.82 Å². The van der Waals surface area contributed by atoms with Gasteiger partial charge in [0.2, 0.25) is 0 Å². The van der Waals surface area contributed by atoms with Crippen molar-refractivity contribution >= 4 is 13.6 Å². The van der Waals surface area contributed by atoms with Crippen molar-refractivity contribution in [3.05, 3.63) is 11.6 Å². The van der Waals surface area contributed by atoms with Gasteiger partial charge in [0.05, 0.1) is 19.3 Å². The van der Waals surface area contributed by atoms with Crippen molar-refractivity contribution in [1.82, 2.24) is 0 Å². The first-order valence-electron chi connectivity index (χ1n) is 11.1. The summed E-state index contributed by atoms with van der Waals surface area (Å²) in [5, 5.41) is 0. The summed E-state index contributed by atoms with van der Waals surface area (Å²) in [5.41, 5.74) is 1.58. The number of carbonyl (C=O) groups is 1. The fraction of sp³-hybridized carbons (Fsp3) is 0.864. The molecule has 3 saturated carbocycles. The Kier molecular flexibility index (Phi) is 4.71. The second kappa shape index (κ2) is 6.77. The van der Waals surface area contributed by atoms with Gasteiger partial charge in [-0.25, -0.2) is 4.57 Å². The highest BCUT2D eigenvalue weighted by Crippen LogP contribution is 2.64. The number of Topliss-reactive ketones (excluding diaryl/α,β-unsaturated/α-hetero) is 1. The summed E-state index contributed by atoms with van der Waals surface area (Å²) in [4.78, 5) is 12.7. The van der Waals surface area contributed by atoms with Crippen molar-refractivity contribution in [2.24, 2.45) is 28.6 Å². The molecule has 4 aliphatic carbocycles. The Morgan fingerprint density at radius 3 is 2.57 bits per heavy atom. The molecule has 6 atom stereocenters. The molecule has 0 N–H and O–H groups in total. The average molecular weight is 408 g/mol. The molecule has 1 aliphatic heterocycles. The summed E-state index contributed by atoms with van der Waals surface area (Å²) in [7, 11) is -3.34. The third kappa shape index (κ3) is 2.92. The number of hydrogen-bond donors (Lipinski definition) is 0. The van der Waals surface area contributed by atoms with Crippen molar-refractivity contribution < 1.29 is 22.9 Å².